The quantitative estimate of drug-likeness (QED) is 0.600. The van der Waals surface area contributed by atoms with E-state index in [9.17, 15) is 9.59 Å². The van der Waals surface area contributed by atoms with Gasteiger partial charge in [-0.1, -0.05) is 33.1 Å². The number of carboxylic acid groups (broad SMARTS) is 1. The van der Waals surface area contributed by atoms with Gasteiger partial charge in [-0.25, -0.2) is 4.79 Å². The summed E-state index contributed by atoms with van der Waals surface area (Å²) in [6.07, 6.45) is 7.15. The lowest BCUT2D eigenvalue weighted by Crippen LogP contribution is -2.46. The first kappa shape index (κ1) is 16.8. The highest BCUT2D eigenvalue weighted by atomic mass is 16.4. The Labute approximate surface area is 121 Å². The minimum Gasteiger partial charge on any atom is -0.481 e. The fraction of sp³-hybridized carbons (Fsp3) is 0.867. The van der Waals surface area contributed by atoms with Crippen molar-refractivity contribution in [2.45, 2.75) is 71.3 Å². The van der Waals surface area contributed by atoms with Gasteiger partial charge in [-0.15, -0.1) is 0 Å². The van der Waals surface area contributed by atoms with Crippen LogP contribution in [0.25, 0.3) is 0 Å². The molecule has 0 aromatic rings. The first-order valence-electron chi connectivity index (χ1n) is 7.68. The van der Waals surface area contributed by atoms with Crippen molar-refractivity contribution in [2.24, 2.45) is 5.41 Å². The van der Waals surface area contributed by atoms with Crippen molar-refractivity contribution in [3.63, 3.8) is 0 Å². The lowest BCUT2D eigenvalue weighted by atomic mass is 9.87. The summed E-state index contributed by atoms with van der Waals surface area (Å²) in [6, 6.07) is 0.202. The van der Waals surface area contributed by atoms with Gasteiger partial charge < -0.3 is 15.7 Å². The molecule has 1 atom stereocenters. The predicted octanol–water partition coefficient (Wildman–Crippen LogP) is 2.90. The summed E-state index contributed by atoms with van der Waals surface area (Å²) in [7, 11) is 0. The van der Waals surface area contributed by atoms with Crippen LogP contribution in [0.5, 0.6) is 0 Å². The number of amides is 2. The molecule has 1 aliphatic carbocycles. The van der Waals surface area contributed by atoms with Crippen molar-refractivity contribution in [3.05, 3.63) is 0 Å². The van der Waals surface area contributed by atoms with Gasteiger partial charge in [0, 0.05) is 19.0 Å². The zero-order valence-electron chi connectivity index (χ0n) is 12.7. The summed E-state index contributed by atoms with van der Waals surface area (Å²) >= 11 is 0. The molecule has 0 radical (unpaired) electrons. The average Bonchev–Trinajstić information content (AvgIpc) is 2.67. The zero-order valence-corrected chi connectivity index (χ0v) is 12.7. The van der Waals surface area contributed by atoms with Gasteiger partial charge in [0.1, 0.15) is 0 Å². The molecule has 1 aliphatic rings. The molecule has 1 fully saturated rings. The summed E-state index contributed by atoms with van der Waals surface area (Å²) in [4.78, 5) is 22.1. The number of hydrogen-bond donors (Lipinski definition) is 3. The van der Waals surface area contributed by atoms with E-state index in [4.69, 9.17) is 5.11 Å². The molecule has 0 spiro atoms. The SMILES string of the molecule is CC1(C)CCCC1NC(=O)NCCCCCCC(=O)O. The predicted molar refractivity (Wildman–Crippen MR) is 78.7 cm³/mol. The second kappa shape index (κ2) is 8.12. The highest BCUT2D eigenvalue weighted by Crippen LogP contribution is 2.36. The third kappa shape index (κ3) is 6.26. The van der Waals surface area contributed by atoms with Gasteiger partial charge in [0.15, 0.2) is 0 Å². The third-order valence-corrected chi connectivity index (χ3v) is 4.17. The summed E-state index contributed by atoms with van der Waals surface area (Å²) in [6.45, 7) is 5.06. The number of unbranched alkanes of at least 4 members (excludes halogenated alkanes) is 3. The normalized spacial score (nSPS) is 20.6. The summed E-state index contributed by atoms with van der Waals surface area (Å²) in [5.41, 5.74) is 0.203. The van der Waals surface area contributed by atoms with Crippen LogP contribution in [-0.4, -0.2) is 29.7 Å². The Hall–Kier alpha value is -1.26. The molecule has 0 heterocycles. The number of hydrogen-bond acceptors (Lipinski definition) is 2. The average molecular weight is 284 g/mol. The monoisotopic (exact) mass is 284 g/mol. The Kier molecular flexibility index (Phi) is 6.82. The summed E-state index contributed by atoms with van der Waals surface area (Å²) in [5, 5.41) is 14.4. The van der Waals surface area contributed by atoms with Crippen LogP contribution < -0.4 is 10.6 Å². The maximum atomic E-state index is 11.8. The van der Waals surface area contributed by atoms with Gasteiger partial charge >= 0.3 is 12.0 Å². The van der Waals surface area contributed by atoms with Crippen LogP contribution in [0.15, 0.2) is 0 Å². The number of urea groups is 1. The maximum absolute atomic E-state index is 11.8. The fourth-order valence-corrected chi connectivity index (χ4v) is 2.76. The van der Waals surface area contributed by atoms with Gasteiger partial charge in [-0.05, 0) is 31.1 Å². The molecule has 1 rings (SSSR count). The van der Waals surface area contributed by atoms with Gasteiger partial charge in [-0.2, -0.15) is 0 Å². The largest absolute Gasteiger partial charge is 0.481 e. The number of nitrogens with one attached hydrogen (secondary N) is 2. The Morgan fingerprint density at radius 1 is 1.20 bits per heavy atom. The zero-order chi connectivity index (χ0) is 15.0. The van der Waals surface area contributed by atoms with Gasteiger partial charge in [0.2, 0.25) is 0 Å². The van der Waals surface area contributed by atoms with Crippen LogP contribution in [0.3, 0.4) is 0 Å². The standard InChI is InChI=1S/C15H28N2O3/c1-15(2)10-7-8-12(15)17-14(20)16-11-6-4-3-5-9-13(18)19/h12H,3-11H2,1-2H3,(H,18,19)(H2,16,17,20). The Balaban J connectivity index is 2.02. The van der Waals surface area contributed by atoms with Crippen molar-refractivity contribution in [3.8, 4) is 0 Å². The number of rotatable bonds is 8. The number of aliphatic carboxylic acids is 1. The maximum Gasteiger partial charge on any atom is 0.315 e. The molecule has 0 saturated heterocycles. The second-order valence-electron chi connectivity index (χ2n) is 6.39. The van der Waals surface area contributed by atoms with E-state index in [2.05, 4.69) is 24.5 Å². The summed E-state index contributed by atoms with van der Waals surface area (Å²) in [5.74, 6) is -0.735. The van der Waals surface area contributed by atoms with Crippen LogP contribution in [0.4, 0.5) is 4.79 Å². The van der Waals surface area contributed by atoms with Crippen molar-refractivity contribution < 1.29 is 14.7 Å². The highest BCUT2D eigenvalue weighted by molar-refractivity contribution is 5.74. The molecule has 1 unspecified atom stereocenters. The molecule has 116 valence electrons. The van der Waals surface area contributed by atoms with E-state index < -0.39 is 5.97 Å². The van der Waals surface area contributed by atoms with Gasteiger partial charge in [0.05, 0.1) is 0 Å². The van der Waals surface area contributed by atoms with Crippen molar-refractivity contribution in [1.82, 2.24) is 10.6 Å². The Bertz CT molecular complexity index is 329. The lowest BCUT2D eigenvalue weighted by Gasteiger charge is -2.27. The first-order chi connectivity index (χ1) is 9.42. The van der Waals surface area contributed by atoms with Crippen molar-refractivity contribution >= 4 is 12.0 Å². The van der Waals surface area contributed by atoms with Crippen LogP contribution in [0, 0.1) is 5.41 Å². The second-order valence-corrected chi connectivity index (χ2v) is 6.39. The fourth-order valence-electron chi connectivity index (χ4n) is 2.76. The van der Waals surface area contributed by atoms with Crippen LogP contribution in [0.2, 0.25) is 0 Å². The van der Waals surface area contributed by atoms with E-state index in [1.165, 1.54) is 12.8 Å². The first-order valence-corrected chi connectivity index (χ1v) is 7.68. The van der Waals surface area contributed by atoms with Crippen LogP contribution in [0.1, 0.15) is 65.2 Å². The molecule has 0 aliphatic heterocycles. The third-order valence-electron chi connectivity index (χ3n) is 4.17. The molecule has 3 N–H and O–H groups in total. The minimum atomic E-state index is -0.735. The smallest absolute Gasteiger partial charge is 0.315 e. The molecule has 5 heteroatoms. The molecule has 1 saturated carbocycles. The molecule has 20 heavy (non-hydrogen) atoms. The number of carbonyl (C=O) groups excluding carboxylic acids is 1. The molecule has 0 bridgehead atoms. The Morgan fingerprint density at radius 3 is 2.50 bits per heavy atom. The molecule has 0 aromatic carbocycles. The van der Waals surface area contributed by atoms with Gasteiger partial charge in [-0.3, -0.25) is 4.79 Å². The minimum absolute atomic E-state index is 0.0736. The van der Waals surface area contributed by atoms with E-state index in [1.807, 2.05) is 0 Å². The molecular formula is C15H28N2O3. The van der Waals surface area contributed by atoms with Crippen molar-refractivity contribution in [2.75, 3.05) is 6.54 Å². The van der Waals surface area contributed by atoms with E-state index in [1.54, 1.807) is 0 Å². The topological polar surface area (TPSA) is 78.4 Å². The van der Waals surface area contributed by atoms with Crippen molar-refractivity contribution in [1.29, 1.82) is 0 Å². The van der Waals surface area contributed by atoms with Crippen LogP contribution >= 0.6 is 0 Å². The van der Waals surface area contributed by atoms with Gasteiger partial charge in [0.25, 0.3) is 0 Å². The van der Waals surface area contributed by atoms with E-state index in [-0.39, 0.29) is 23.9 Å². The highest BCUT2D eigenvalue weighted by Gasteiger charge is 2.35. The molecule has 5 nitrogen and oxygen atoms in total. The van der Waals surface area contributed by atoms with E-state index in [0.29, 0.717) is 6.54 Å². The summed E-state index contributed by atoms with van der Waals surface area (Å²) < 4.78 is 0. The lowest BCUT2D eigenvalue weighted by molar-refractivity contribution is -0.137. The number of carbonyl (C=O) groups is 2. The van der Waals surface area contributed by atoms with Crippen LogP contribution in [-0.2, 0) is 4.79 Å². The molecule has 0 aromatic heterocycles. The Morgan fingerprint density at radius 2 is 1.90 bits per heavy atom. The number of carboxylic acids is 1. The van der Waals surface area contributed by atoms with E-state index >= 15 is 0 Å². The van der Waals surface area contributed by atoms with E-state index in [0.717, 1.165) is 32.1 Å². The molecule has 2 amide bonds. The molecular weight excluding hydrogens is 256 g/mol.